The van der Waals surface area contributed by atoms with Gasteiger partial charge >= 0.3 is 0 Å². The highest BCUT2D eigenvalue weighted by Gasteiger charge is 2.13. The lowest BCUT2D eigenvalue weighted by molar-refractivity contribution is -0.430. The second-order valence-corrected chi connectivity index (χ2v) is 4.39. The van der Waals surface area contributed by atoms with Crippen LogP contribution in [0.5, 0.6) is 11.5 Å². The zero-order valence-electron chi connectivity index (χ0n) is 11.5. The summed E-state index contributed by atoms with van der Waals surface area (Å²) in [5, 5.41) is 10.6. The smallest absolute Gasteiger partial charge is 0.161 e. The van der Waals surface area contributed by atoms with E-state index < -0.39 is 5.97 Å². The topological polar surface area (TPSA) is 86.2 Å². The van der Waals surface area contributed by atoms with Crippen LogP contribution in [0.3, 0.4) is 0 Å². The molecule has 0 radical (unpaired) electrons. The zero-order valence-corrected chi connectivity index (χ0v) is 11.5. The van der Waals surface area contributed by atoms with E-state index in [1.165, 1.54) is 0 Å². The van der Waals surface area contributed by atoms with Crippen LogP contribution in [0.1, 0.15) is 37.8 Å². The molecule has 0 saturated heterocycles. The van der Waals surface area contributed by atoms with Crippen molar-refractivity contribution in [1.82, 2.24) is 0 Å². The summed E-state index contributed by atoms with van der Waals surface area (Å²) in [6.45, 7) is 2.73. The van der Waals surface area contributed by atoms with Crippen molar-refractivity contribution in [2.75, 3.05) is 13.7 Å². The molecular formula is C14H21NO4. The van der Waals surface area contributed by atoms with Crippen molar-refractivity contribution in [3.05, 3.63) is 23.8 Å². The van der Waals surface area contributed by atoms with E-state index in [-0.39, 0.29) is 12.5 Å². The number of aliphatic carboxylic acids is 1. The fourth-order valence-corrected chi connectivity index (χ4v) is 1.70. The molecule has 0 unspecified atom stereocenters. The minimum absolute atomic E-state index is 0.112. The molecule has 0 aliphatic carbocycles. The summed E-state index contributed by atoms with van der Waals surface area (Å²) in [6.07, 6.45) is 1.93. The van der Waals surface area contributed by atoms with Crippen LogP contribution in [0.2, 0.25) is 0 Å². The Kier molecular flexibility index (Phi) is 6.15. The molecule has 0 spiro atoms. The standard InChI is InChI=1S/C14H21NO4/c1-3-4-7-19-12-6-5-10(8-13(12)18-2)11(15)9-14(16)17/h5-6,8,11H,3-4,7,9,15H2,1-2H3,(H,16,17)/t11-/m1/s1. The van der Waals surface area contributed by atoms with Crippen LogP contribution in [0.15, 0.2) is 18.2 Å². The maximum absolute atomic E-state index is 10.6. The van der Waals surface area contributed by atoms with Crippen molar-refractivity contribution in [2.24, 2.45) is 0 Å². The highest BCUT2D eigenvalue weighted by Crippen LogP contribution is 2.30. The number of carbonyl (C=O) groups excluding carboxylic acids is 1. The molecule has 0 fully saturated rings. The van der Waals surface area contributed by atoms with Crippen LogP contribution in [-0.4, -0.2) is 19.7 Å². The average Bonchev–Trinajstić information content (AvgIpc) is 2.38. The van der Waals surface area contributed by atoms with E-state index in [2.05, 4.69) is 12.7 Å². The van der Waals surface area contributed by atoms with Crippen molar-refractivity contribution >= 4 is 5.97 Å². The second kappa shape index (κ2) is 7.63. The third kappa shape index (κ3) is 4.79. The molecule has 0 amide bonds. The first kappa shape index (κ1) is 15.3. The number of ether oxygens (including phenoxy) is 2. The normalized spacial score (nSPS) is 11.9. The highest BCUT2D eigenvalue weighted by molar-refractivity contribution is 5.65. The monoisotopic (exact) mass is 267 g/mol. The van der Waals surface area contributed by atoms with Crippen LogP contribution in [0, 0.1) is 0 Å². The number of hydrogen-bond donors (Lipinski definition) is 1. The first-order valence-electron chi connectivity index (χ1n) is 6.42. The Bertz CT molecular complexity index is 420. The van der Waals surface area contributed by atoms with Crippen LogP contribution in [-0.2, 0) is 4.79 Å². The number of carboxylic acid groups (broad SMARTS) is 1. The molecule has 1 atom stereocenters. The van der Waals surface area contributed by atoms with Crippen molar-refractivity contribution in [2.45, 2.75) is 32.2 Å². The van der Waals surface area contributed by atoms with E-state index in [1.807, 2.05) is 6.07 Å². The molecule has 0 aliphatic heterocycles. The first-order chi connectivity index (χ1) is 9.08. The Balaban J connectivity index is 2.79. The van der Waals surface area contributed by atoms with E-state index in [9.17, 15) is 9.90 Å². The summed E-state index contributed by atoms with van der Waals surface area (Å²) in [5.41, 5.74) is 4.61. The third-order valence-corrected chi connectivity index (χ3v) is 2.83. The fourth-order valence-electron chi connectivity index (χ4n) is 1.70. The predicted octanol–water partition coefficient (Wildman–Crippen LogP) is 0.297. The van der Waals surface area contributed by atoms with Gasteiger partial charge in [0.2, 0.25) is 0 Å². The number of methoxy groups -OCH3 is 1. The van der Waals surface area contributed by atoms with Gasteiger partial charge in [0.1, 0.15) is 6.04 Å². The number of rotatable bonds is 8. The zero-order chi connectivity index (χ0) is 14.3. The Morgan fingerprint density at radius 1 is 1.42 bits per heavy atom. The lowest BCUT2D eigenvalue weighted by atomic mass is 10.0. The first-order valence-corrected chi connectivity index (χ1v) is 6.42. The number of carbonyl (C=O) groups is 1. The van der Waals surface area contributed by atoms with Gasteiger partial charge in [-0.2, -0.15) is 0 Å². The molecule has 19 heavy (non-hydrogen) atoms. The van der Waals surface area contributed by atoms with Gasteiger partial charge in [-0.15, -0.1) is 0 Å². The SMILES string of the molecule is CCCCOc1ccc([C@H]([NH3+])CC(=O)[O-])cc1OC. The van der Waals surface area contributed by atoms with Gasteiger partial charge in [0.25, 0.3) is 0 Å². The molecule has 3 N–H and O–H groups in total. The maximum Gasteiger partial charge on any atom is 0.161 e. The number of quaternary nitrogens is 1. The minimum Gasteiger partial charge on any atom is -0.550 e. The molecule has 0 bridgehead atoms. The van der Waals surface area contributed by atoms with Gasteiger partial charge in [-0.3, -0.25) is 0 Å². The van der Waals surface area contributed by atoms with Gasteiger partial charge in [-0.25, -0.2) is 0 Å². The predicted molar refractivity (Wildman–Crippen MR) is 68.7 cm³/mol. The molecule has 1 aromatic rings. The van der Waals surface area contributed by atoms with Gasteiger partial charge in [0, 0.05) is 18.0 Å². The number of carboxylic acids is 1. The molecule has 1 aromatic carbocycles. The summed E-state index contributed by atoms with van der Waals surface area (Å²) in [7, 11) is 1.56. The second-order valence-electron chi connectivity index (χ2n) is 4.39. The summed E-state index contributed by atoms with van der Waals surface area (Å²) >= 11 is 0. The minimum atomic E-state index is -1.11. The molecule has 5 nitrogen and oxygen atoms in total. The summed E-state index contributed by atoms with van der Waals surface area (Å²) < 4.78 is 10.9. The molecule has 0 aromatic heterocycles. The molecule has 0 aliphatic rings. The molecular weight excluding hydrogens is 246 g/mol. The summed E-state index contributed by atoms with van der Waals surface area (Å²) in [6, 6.07) is 5.01. The van der Waals surface area contributed by atoms with E-state index in [0.717, 1.165) is 18.4 Å². The molecule has 0 heterocycles. The molecule has 5 heteroatoms. The Morgan fingerprint density at radius 2 is 2.16 bits per heavy atom. The van der Waals surface area contributed by atoms with Gasteiger partial charge in [-0.05, 0) is 24.6 Å². The van der Waals surface area contributed by atoms with Crippen LogP contribution in [0.4, 0.5) is 0 Å². The van der Waals surface area contributed by atoms with Crippen LogP contribution >= 0.6 is 0 Å². The summed E-state index contributed by atoms with van der Waals surface area (Å²) in [5.74, 6) is 0.156. The fraction of sp³-hybridized carbons (Fsp3) is 0.500. The van der Waals surface area contributed by atoms with Crippen molar-refractivity contribution < 1.29 is 25.1 Å². The molecule has 106 valence electrons. The van der Waals surface area contributed by atoms with Gasteiger partial charge < -0.3 is 25.1 Å². The van der Waals surface area contributed by atoms with Crippen molar-refractivity contribution in [3.63, 3.8) is 0 Å². The van der Waals surface area contributed by atoms with Crippen LogP contribution < -0.4 is 20.3 Å². The lowest BCUT2D eigenvalue weighted by Gasteiger charge is -2.14. The van der Waals surface area contributed by atoms with Gasteiger partial charge in [0.05, 0.1) is 13.7 Å². The average molecular weight is 267 g/mol. The van der Waals surface area contributed by atoms with E-state index in [4.69, 9.17) is 9.47 Å². The van der Waals surface area contributed by atoms with Gasteiger partial charge in [-0.1, -0.05) is 13.3 Å². The van der Waals surface area contributed by atoms with Crippen molar-refractivity contribution in [1.29, 1.82) is 0 Å². The maximum atomic E-state index is 10.6. The molecule has 0 saturated carbocycles. The largest absolute Gasteiger partial charge is 0.550 e. The van der Waals surface area contributed by atoms with Crippen molar-refractivity contribution in [3.8, 4) is 11.5 Å². The number of hydrogen-bond acceptors (Lipinski definition) is 4. The Labute approximate surface area is 113 Å². The highest BCUT2D eigenvalue weighted by atomic mass is 16.5. The van der Waals surface area contributed by atoms with Crippen LogP contribution in [0.25, 0.3) is 0 Å². The number of benzene rings is 1. The molecule has 1 rings (SSSR count). The van der Waals surface area contributed by atoms with E-state index in [0.29, 0.717) is 18.1 Å². The Hall–Kier alpha value is -1.75. The Morgan fingerprint density at radius 3 is 2.74 bits per heavy atom. The van der Waals surface area contributed by atoms with E-state index in [1.54, 1.807) is 19.2 Å². The quantitative estimate of drug-likeness (QED) is 0.686. The summed E-state index contributed by atoms with van der Waals surface area (Å²) in [4.78, 5) is 10.6. The van der Waals surface area contributed by atoms with Gasteiger partial charge in [0.15, 0.2) is 11.5 Å². The number of unbranched alkanes of at least 4 members (excludes halogenated alkanes) is 1. The lowest BCUT2D eigenvalue weighted by Crippen LogP contribution is -2.55. The van der Waals surface area contributed by atoms with E-state index >= 15 is 0 Å². The third-order valence-electron chi connectivity index (χ3n) is 2.83.